The van der Waals surface area contributed by atoms with E-state index in [-0.39, 0.29) is 5.91 Å². The summed E-state index contributed by atoms with van der Waals surface area (Å²) in [6.07, 6.45) is 1.98. The second kappa shape index (κ2) is 10.1. The van der Waals surface area contributed by atoms with E-state index < -0.39 is 13.2 Å². The normalized spacial score (nSPS) is 14.9. The third kappa shape index (κ3) is 4.06. The van der Waals surface area contributed by atoms with Gasteiger partial charge in [-0.15, -0.1) is 0 Å². The van der Waals surface area contributed by atoms with Gasteiger partial charge >= 0.3 is 0 Å². The summed E-state index contributed by atoms with van der Waals surface area (Å²) >= 11 is 0. The van der Waals surface area contributed by atoms with Gasteiger partial charge in [-0.3, -0.25) is 4.79 Å². The largest absolute Gasteiger partial charge is 0.330 e. The first-order valence-corrected chi connectivity index (χ1v) is 15.5. The molecule has 0 radical (unpaired) electrons. The summed E-state index contributed by atoms with van der Waals surface area (Å²) in [5, 5.41) is 3.18. The summed E-state index contributed by atoms with van der Waals surface area (Å²) in [6.45, 7) is 2.55. The predicted octanol–water partition coefficient (Wildman–Crippen LogP) is 6.73. The third-order valence-electron chi connectivity index (χ3n) is 8.09. The molecule has 1 unspecified atom stereocenters. The van der Waals surface area contributed by atoms with Crippen molar-refractivity contribution in [2.75, 3.05) is 4.90 Å². The summed E-state index contributed by atoms with van der Waals surface area (Å²) in [6, 6.07) is 43.1. The van der Waals surface area contributed by atoms with E-state index in [2.05, 4.69) is 35.8 Å². The molecule has 2 heterocycles. The molecule has 1 aromatic heterocycles. The molecule has 1 atom stereocenters. The van der Waals surface area contributed by atoms with Crippen LogP contribution < -0.4 is 20.8 Å². The highest BCUT2D eigenvalue weighted by atomic mass is 31.2. The maximum atomic E-state index is 15.4. The van der Waals surface area contributed by atoms with E-state index in [1.54, 1.807) is 0 Å². The first kappa shape index (κ1) is 25.3. The number of fused-ring (bicyclic) bond motifs is 2. The van der Waals surface area contributed by atoms with Crippen LogP contribution in [0.1, 0.15) is 22.7 Å². The van der Waals surface area contributed by atoms with E-state index in [9.17, 15) is 4.79 Å². The van der Waals surface area contributed by atoms with Gasteiger partial charge in [-0.1, -0.05) is 127 Å². The Hall–Kier alpha value is -4.66. The minimum absolute atomic E-state index is 0.0136. The third-order valence-corrected chi connectivity index (χ3v) is 11.2. The second-order valence-electron chi connectivity index (χ2n) is 10.5. The molecule has 1 aliphatic rings. The van der Waals surface area contributed by atoms with E-state index in [1.807, 2.05) is 120 Å². The van der Waals surface area contributed by atoms with Crippen molar-refractivity contribution in [2.45, 2.75) is 19.5 Å². The number of benzene rings is 5. The Kier molecular flexibility index (Phi) is 6.22. The smallest absolute Gasteiger partial charge is 0.255 e. The predicted molar refractivity (Wildman–Crippen MR) is 168 cm³/mol. The fraction of sp³-hybridized carbons (Fsp3) is 0.0833. The Bertz CT molecular complexity index is 1890. The van der Waals surface area contributed by atoms with Crippen molar-refractivity contribution in [1.82, 2.24) is 4.57 Å². The maximum Gasteiger partial charge on any atom is 0.255 e. The van der Waals surface area contributed by atoms with Crippen LogP contribution in [0.2, 0.25) is 0 Å². The highest BCUT2D eigenvalue weighted by Gasteiger charge is 2.41. The lowest BCUT2D eigenvalue weighted by molar-refractivity contribution is -0.119. The van der Waals surface area contributed by atoms with Gasteiger partial charge in [0.05, 0.1) is 12.2 Å². The first-order chi connectivity index (χ1) is 20.1. The van der Waals surface area contributed by atoms with Crippen molar-refractivity contribution in [2.24, 2.45) is 0 Å². The quantitative estimate of drug-likeness (QED) is 0.215. The molecule has 0 bridgehead atoms. The standard InChI is InChI=1S/C36H29N2O2P/c1-26-14-13-22-31-34(26)38(24-27-15-5-2-6-16-27)36(39)35(31)37-25-33(30-21-11-12-23-32(30)37)41(40,28-17-7-3-8-18-28)29-19-9-4-10-20-29/h2-23,25,35H,24H2,1H3. The molecule has 5 aromatic carbocycles. The van der Waals surface area contributed by atoms with Gasteiger partial charge in [0.15, 0.2) is 7.14 Å². The number of rotatable bonds is 6. The number of carbonyl (C=O) groups excluding carboxylic acids is 1. The lowest BCUT2D eigenvalue weighted by Crippen LogP contribution is -2.31. The van der Waals surface area contributed by atoms with Crippen LogP contribution in [0.25, 0.3) is 10.9 Å². The number of hydrogen-bond acceptors (Lipinski definition) is 2. The number of anilines is 1. The molecule has 0 spiro atoms. The lowest BCUT2D eigenvalue weighted by atomic mass is 10.0. The zero-order valence-corrected chi connectivity index (χ0v) is 23.6. The van der Waals surface area contributed by atoms with E-state index >= 15 is 4.57 Å². The maximum absolute atomic E-state index is 15.4. The monoisotopic (exact) mass is 552 g/mol. The highest BCUT2D eigenvalue weighted by Crippen LogP contribution is 2.47. The average Bonchev–Trinajstić information content (AvgIpc) is 3.54. The van der Waals surface area contributed by atoms with E-state index in [0.717, 1.165) is 49.2 Å². The molecule has 6 aromatic rings. The van der Waals surface area contributed by atoms with E-state index in [0.29, 0.717) is 6.54 Å². The van der Waals surface area contributed by atoms with E-state index in [4.69, 9.17) is 0 Å². The number of carbonyl (C=O) groups is 1. The molecular weight excluding hydrogens is 523 g/mol. The minimum atomic E-state index is -3.27. The molecule has 1 amide bonds. The van der Waals surface area contributed by atoms with Crippen LogP contribution in [0, 0.1) is 6.92 Å². The van der Waals surface area contributed by atoms with Gasteiger partial charge in [0.1, 0.15) is 6.04 Å². The van der Waals surface area contributed by atoms with Crippen molar-refractivity contribution in [3.63, 3.8) is 0 Å². The molecule has 5 heteroatoms. The number of nitrogens with zero attached hydrogens (tertiary/aromatic N) is 2. The van der Waals surface area contributed by atoms with Crippen LogP contribution >= 0.6 is 7.14 Å². The molecule has 0 aliphatic carbocycles. The first-order valence-electron chi connectivity index (χ1n) is 13.8. The van der Waals surface area contributed by atoms with E-state index in [1.165, 1.54) is 0 Å². The topological polar surface area (TPSA) is 42.3 Å². The van der Waals surface area contributed by atoms with Gasteiger partial charge in [0.25, 0.3) is 5.91 Å². The summed E-state index contributed by atoms with van der Waals surface area (Å²) in [5.41, 5.74) is 4.95. The van der Waals surface area contributed by atoms with Crippen molar-refractivity contribution < 1.29 is 9.36 Å². The van der Waals surface area contributed by atoms with Crippen LogP contribution in [-0.4, -0.2) is 10.5 Å². The minimum Gasteiger partial charge on any atom is -0.330 e. The fourth-order valence-corrected chi connectivity index (χ4v) is 9.06. The van der Waals surface area contributed by atoms with Gasteiger partial charge < -0.3 is 14.0 Å². The molecule has 1 aliphatic heterocycles. The second-order valence-corrected chi connectivity index (χ2v) is 13.3. The van der Waals surface area contributed by atoms with Gasteiger partial charge in [0.2, 0.25) is 0 Å². The Morgan fingerprint density at radius 1 is 0.683 bits per heavy atom. The lowest BCUT2D eigenvalue weighted by Gasteiger charge is -2.20. The van der Waals surface area contributed by atoms with Crippen LogP contribution in [0.3, 0.4) is 0 Å². The van der Waals surface area contributed by atoms with Crippen molar-refractivity contribution in [3.8, 4) is 0 Å². The Balaban J connectivity index is 1.46. The molecular formula is C36H29N2O2P. The van der Waals surface area contributed by atoms with Gasteiger partial charge in [-0.25, -0.2) is 0 Å². The van der Waals surface area contributed by atoms with Crippen molar-refractivity contribution in [3.05, 3.63) is 156 Å². The summed E-state index contributed by atoms with van der Waals surface area (Å²) in [4.78, 5) is 16.3. The molecule has 200 valence electrons. The molecule has 0 saturated heterocycles. The zero-order valence-electron chi connectivity index (χ0n) is 22.7. The summed E-state index contributed by atoms with van der Waals surface area (Å²) in [5.74, 6) is 0.0136. The number of amides is 1. The van der Waals surface area contributed by atoms with Crippen molar-refractivity contribution >= 4 is 45.6 Å². The Morgan fingerprint density at radius 3 is 1.93 bits per heavy atom. The van der Waals surface area contributed by atoms with Crippen LogP contribution in [-0.2, 0) is 15.9 Å². The molecule has 4 nitrogen and oxygen atoms in total. The molecule has 0 saturated carbocycles. The summed E-state index contributed by atoms with van der Waals surface area (Å²) in [7, 11) is -3.27. The highest BCUT2D eigenvalue weighted by molar-refractivity contribution is 7.85. The van der Waals surface area contributed by atoms with Gasteiger partial charge in [-0.05, 0) is 24.1 Å². The molecule has 7 rings (SSSR count). The van der Waals surface area contributed by atoms with Gasteiger partial charge in [0, 0.05) is 38.6 Å². The Labute approximate surface area is 239 Å². The number of aryl methyl sites for hydroxylation is 1. The number of aromatic nitrogens is 1. The van der Waals surface area contributed by atoms with Gasteiger partial charge in [-0.2, -0.15) is 0 Å². The molecule has 0 fully saturated rings. The average molecular weight is 553 g/mol. The molecule has 0 N–H and O–H groups in total. The Morgan fingerprint density at radius 2 is 1.27 bits per heavy atom. The van der Waals surface area contributed by atoms with Crippen LogP contribution in [0.4, 0.5) is 5.69 Å². The van der Waals surface area contributed by atoms with Crippen LogP contribution in [0.5, 0.6) is 0 Å². The fourth-order valence-electron chi connectivity index (χ4n) is 6.21. The zero-order chi connectivity index (χ0) is 28.0. The summed E-state index contributed by atoms with van der Waals surface area (Å²) < 4.78 is 17.5. The molecule has 41 heavy (non-hydrogen) atoms. The number of para-hydroxylation sites is 2. The van der Waals surface area contributed by atoms with Crippen LogP contribution in [0.15, 0.2) is 140 Å². The SMILES string of the molecule is Cc1cccc2c1N(Cc1ccccc1)C(=O)C2n1cc(P(=O)(c2ccccc2)c2ccccc2)c2ccccc21. The number of hydrogen-bond donors (Lipinski definition) is 0. The van der Waals surface area contributed by atoms with Crippen molar-refractivity contribution in [1.29, 1.82) is 0 Å².